The minimum Gasteiger partial charge on any atom is -0.308 e. The summed E-state index contributed by atoms with van der Waals surface area (Å²) in [5.41, 5.74) is 3.84. The summed E-state index contributed by atoms with van der Waals surface area (Å²) in [6.45, 7) is 0. The Morgan fingerprint density at radius 1 is 0.677 bits per heavy atom. The van der Waals surface area contributed by atoms with Crippen LogP contribution in [0.1, 0.15) is 11.4 Å². The molecule has 1 aromatic heterocycles. The zero-order valence-electron chi connectivity index (χ0n) is 16.7. The Labute approximate surface area is 180 Å². The molecular formula is C27H19N2OP. The average molecular weight is 418 g/mol. The summed E-state index contributed by atoms with van der Waals surface area (Å²) in [5, 5.41) is 2.55. The van der Waals surface area contributed by atoms with Crippen molar-refractivity contribution in [1.82, 2.24) is 9.55 Å². The molecule has 1 unspecified atom stereocenters. The molecule has 0 aliphatic carbocycles. The topological polar surface area (TPSA) is 34.9 Å². The Morgan fingerprint density at radius 3 is 2.16 bits per heavy atom. The van der Waals surface area contributed by atoms with Crippen LogP contribution < -0.4 is 15.9 Å². The van der Waals surface area contributed by atoms with Gasteiger partial charge in [-0.1, -0.05) is 84.9 Å². The second-order valence-electron chi connectivity index (χ2n) is 7.63. The molecule has 0 N–H and O–H groups in total. The molecule has 1 atom stereocenters. The van der Waals surface area contributed by atoms with Gasteiger partial charge >= 0.3 is 0 Å². The molecule has 4 heteroatoms. The first-order chi connectivity index (χ1) is 15.3. The van der Waals surface area contributed by atoms with E-state index in [1.165, 1.54) is 0 Å². The number of rotatable bonds is 3. The number of hydrogen-bond donors (Lipinski definition) is 0. The van der Waals surface area contributed by atoms with Crippen molar-refractivity contribution >= 4 is 46.2 Å². The zero-order chi connectivity index (χ0) is 20.8. The van der Waals surface area contributed by atoms with E-state index < -0.39 is 7.14 Å². The summed E-state index contributed by atoms with van der Waals surface area (Å²) in [6, 6.07) is 34.0. The molecule has 148 valence electrons. The Balaban J connectivity index is 1.68. The molecule has 0 fully saturated rings. The Morgan fingerprint density at radius 2 is 1.35 bits per heavy atom. The molecule has 1 aliphatic heterocycles. The summed E-state index contributed by atoms with van der Waals surface area (Å²) in [5.74, 6) is 0.832. The number of fused-ring (bicyclic) bond motifs is 2. The maximum Gasteiger partial charge on any atom is 0.175 e. The van der Waals surface area contributed by atoms with E-state index in [0.29, 0.717) is 0 Å². The molecule has 0 amide bonds. The first-order valence-electron chi connectivity index (χ1n) is 10.3. The molecular weight excluding hydrogens is 399 g/mol. The van der Waals surface area contributed by atoms with Gasteiger partial charge in [0.05, 0.1) is 16.7 Å². The fourth-order valence-corrected chi connectivity index (χ4v) is 7.45. The second kappa shape index (κ2) is 6.94. The summed E-state index contributed by atoms with van der Waals surface area (Å²) >= 11 is 0. The highest BCUT2D eigenvalue weighted by Crippen LogP contribution is 2.49. The van der Waals surface area contributed by atoms with Gasteiger partial charge in [0.1, 0.15) is 5.82 Å². The summed E-state index contributed by atoms with van der Waals surface area (Å²) in [4.78, 5) is 4.91. The van der Waals surface area contributed by atoms with Crippen molar-refractivity contribution < 1.29 is 4.57 Å². The van der Waals surface area contributed by atoms with Gasteiger partial charge in [-0.3, -0.25) is 4.57 Å². The number of hydrogen-bond acceptors (Lipinski definition) is 2. The van der Waals surface area contributed by atoms with Crippen molar-refractivity contribution in [3.8, 4) is 5.69 Å². The van der Waals surface area contributed by atoms with Gasteiger partial charge in [0.25, 0.3) is 0 Å². The predicted molar refractivity (Wildman–Crippen MR) is 129 cm³/mol. The van der Waals surface area contributed by atoms with Crippen LogP contribution in [0.4, 0.5) is 0 Å². The van der Waals surface area contributed by atoms with Crippen LogP contribution in [0.2, 0.25) is 0 Å². The number of para-hydroxylation sites is 2. The largest absolute Gasteiger partial charge is 0.308 e. The Bertz CT molecular complexity index is 1500. The van der Waals surface area contributed by atoms with E-state index in [-0.39, 0.29) is 0 Å². The fourth-order valence-electron chi connectivity index (χ4n) is 4.44. The summed E-state index contributed by atoms with van der Waals surface area (Å²) < 4.78 is 16.9. The molecule has 4 aromatic carbocycles. The molecule has 0 radical (unpaired) electrons. The highest BCUT2D eigenvalue weighted by Gasteiger charge is 2.39. The van der Waals surface area contributed by atoms with Gasteiger partial charge < -0.3 is 4.57 Å². The molecule has 1 aliphatic rings. The zero-order valence-corrected chi connectivity index (χ0v) is 17.6. The van der Waals surface area contributed by atoms with E-state index in [2.05, 4.69) is 22.8 Å². The highest BCUT2D eigenvalue weighted by atomic mass is 31.2. The Kier molecular flexibility index (Phi) is 4.05. The van der Waals surface area contributed by atoms with Crippen LogP contribution in [-0.4, -0.2) is 9.55 Å². The lowest BCUT2D eigenvalue weighted by Gasteiger charge is -2.28. The van der Waals surface area contributed by atoms with Crippen LogP contribution in [0, 0.1) is 0 Å². The van der Waals surface area contributed by atoms with Crippen molar-refractivity contribution in [1.29, 1.82) is 0 Å². The first-order valence-corrected chi connectivity index (χ1v) is 12.0. The molecule has 5 aromatic rings. The van der Waals surface area contributed by atoms with Crippen LogP contribution in [0.5, 0.6) is 0 Å². The van der Waals surface area contributed by atoms with Crippen molar-refractivity contribution in [3.05, 3.63) is 115 Å². The van der Waals surface area contributed by atoms with Gasteiger partial charge in [0.15, 0.2) is 7.14 Å². The maximum atomic E-state index is 14.8. The molecule has 3 nitrogen and oxygen atoms in total. The highest BCUT2D eigenvalue weighted by molar-refractivity contribution is 7.86. The van der Waals surface area contributed by atoms with E-state index in [1.54, 1.807) is 0 Å². The first kappa shape index (κ1) is 18.1. The summed E-state index contributed by atoms with van der Waals surface area (Å²) in [7, 11) is -3.01. The van der Waals surface area contributed by atoms with Gasteiger partial charge in [0, 0.05) is 15.9 Å². The van der Waals surface area contributed by atoms with Crippen LogP contribution in [0.25, 0.3) is 28.9 Å². The lowest BCUT2D eigenvalue weighted by atomic mass is 10.2. The minimum absolute atomic E-state index is 0.832. The molecule has 0 saturated heterocycles. The van der Waals surface area contributed by atoms with Crippen molar-refractivity contribution in [2.45, 2.75) is 0 Å². The van der Waals surface area contributed by atoms with Gasteiger partial charge in [-0.2, -0.15) is 0 Å². The van der Waals surface area contributed by atoms with Crippen LogP contribution in [-0.2, 0) is 4.57 Å². The quantitative estimate of drug-likeness (QED) is 0.373. The molecule has 6 rings (SSSR count). The van der Waals surface area contributed by atoms with E-state index >= 15 is 0 Å². The third-order valence-electron chi connectivity index (χ3n) is 5.83. The number of imidazole rings is 1. The normalized spacial score (nSPS) is 17.2. The lowest BCUT2D eigenvalue weighted by molar-refractivity contribution is 0.592. The fraction of sp³-hybridized carbons (Fsp3) is 0. The molecule has 2 heterocycles. The smallest absolute Gasteiger partial charge is 0.175 e. The molecule has 31 heavy (non-hydrogen) atoms. The molecule has 0 spiro atoms. The van der Waals surface area contributed by atoms with Crippen molar-refractivity contribution in [3.63, 3.8) is 0 Å². The van der Waals surface area contributed by atoms with E-state index in [0.717, 1.165) is 44.0 Å². The number of aromatic nitrogens is 2. The lowest BCUT2D eigenvalue weighted by Crippen LogP contribution is -2.32. The SMILES string of the molecule is O=P1(c2ccccc2)c2ccccc2-n2c(/C=C/c3ccccc3)nc3cccc1c32. The Hall–Kier alpha value is -3.68. The average Bonchev–Trinajstić information content (AvgIpc) is 3.22. The van der Waals surface area contributed by atoms with E-state index in [1.807, 2.05) is 97.1 Å². The third kappa shape index (κ3) is 2.67. The van der Waals surface area contributed by atoms with E-state index in [9.17, 15) is 4.57 Å². The van der Waals surface area contributed by atoms with Gasteiger partial charge in [-0.25, -0.2) is 4.98 Å². The van der Waals surface area contributed by atoms with Crippen LogP contribution in [0.15, 0.2) is 103 Å². The van der Waals surface area contributed by atoms with Gasteiger partial charge in [0.2, 0.25) is 0 Å². The minimum atomic E-state index is -3.01. The standard InChI is InChI=1S/C27H19N2OP/c30-31(21-12-5-2-6-13-21)24-16-8-7-15-23(24)29-26(19-18-20-10-3-1-4-11-20)28-22-14-9-17-25(31)27(22)29/h1-19H/b19-18+. The molecule has 0 saturated carbocycles. The number of nitrogens with zero attached hydrogens (tertiary/aromatic N) is 2. The third-order valence-corrected chi connectivity index (χ3v) is 8.95. The summed E-state index contributed by atoms with van der Waals surface area (Å²) in [6.07, 6.45) is 4.10. The molecule has 0 bridgehead atoms. The number of benzene rings is 4. The van der Waals surface area contributed by atoms with Gasteiger partial charge in [-0.05, 0) is 35.9 Å². The van der Waals surface area contributed by atoms with Crippen LogP contribution >= 0.6 is 7.14 Å². The van der Waals surface area contributed by atoms with Crippen molar-refractivity contribution in [2.24, 2.45) is 0 Å². The maximum absolute atomic E-state index is 14.8. The predicted octanol–water partition coefficient (Wildman–Crippen LogP) is 5.15. The van der Waals surface area contributed by atoms with E-state index in [4.69, 9.17) is 4.98 Å². The monoisotopic (exact) mass is 418 g/mol. The van der Waals surface area contributed by atoms with Crippen molar-refractivity contribution in [2.75, 3.05) is 0 Å². The second-order valence-corrected chi connectivity index (χ2v) is 10.3. The van der Waals surface area contributed by atoms with Gasteiger partial charge in [-0.15, -0.1) is 0 Å². The van der Waals surface area contributed by atoms with Crippen LogP contribution in [0.3, 0.4) is 0 Å².